The molecule has 0 unspecified atom stereocenters. The molecule has 4 rings (SSSR count). The average molecular weight is 384 g/mol. The molecule has 0 bridgehead atoms. The van der Waals surface area contributed by atoms with Gasteiger partial charge in [0.25, 0.3) is 5.91 Å². The fourth-order valence-corrected chi connectivity index (χ4v) is 3.80. The predicted octanol–water partition coefficient (Wildman–Crippen LogP) is 2.78. The lowest BCUT2D eigenvalue weighted by Gasteiger charge is -2.31. The molecule has 1 amide bonds. The van der Waals surface area contributed by atoms with Crippen molar-refractivity contribution in [2.75, 3.05) is 13.1 Å². The van der Waals surface area contributed by atoms with Gasteiger partial charge >= 0.3 is 0 Å². The summed E-state index contributed by atoms with van der Waals surface area (Å²) in [5.74, 6) is 0.375. The number of amides is 1. The molecule has 2 aliphatic heterocycles. The zero-order valence-corrected chi connectivity index (χ0v) is 16.0. The zero-order valence-electron chi connectivity index (χ0n) is 16.0. The minimum absolute atomic E-state index is 0.108. The van der Waals surface area contributed by atoms with Gasteiger partial charge in [0.05, 0.1) is 11.7 Å². The number of carbonyl (C=O) groups excluding carboxylic acids is 1. The van der Waals surface area contributed by atoms with Crippen LogP contribution in [0.1, 0.15) is 49.3 Å². The van der Waals surface area contributed by atoms with E-state index in [2.05, 4.69) is 10.3 Å². The molecule has 1 N–H and O–H groups in total. The highest BCUT2D eigenvalue weighted by molar-refractivity contribution is 5.81. The first-order chi connectivity index (χ1) is 13.7. The number of benzene rings is 1. The number of nitrogens with one attached hydrogen (secondary N) is 1. The fourth-order valence-electron chi connectivity index (χ4n) is 3.80. The van der Waals surface area contributed by atoms with Gasteiger partial charge in [-0.15, -0.1) is 0 Å². The monoisotopic (exact) mass is 384 g/mol. The third kappa shape index (κ3) is 3.85. The van der Waals surface area contributed by atoms with Crippen molar-refractivity contribution in [3.63, 3.8) is 0 Å². The van der Waals surface area contributed by atoms with E-state index in [9.17, 15) is 9.18 Å². The lowest BCUT2D eigenvalue weighted by Crippen LogP contribution is -2.44. The van der Waals surface area contributed by atoms with Crippen LogP contribution in [0.4, 0.5) is 4.39 Å². The molecular formula is C21H25FN4O2. The molecule has 6 nitrogen and oxygen atoms in total. The van der Waals surface area contributed by atoms with Crippen molar-refractivity contribution in [1.29, 1.82) is 0 Å². The lowest BCUT2D eigenvalue weighted by atomic mass is 10.1. The van der Waals surface area contributed by atoms with Gasteiger partial charge in [-0.3, -0.25) is 4.79 Å². The number of hydrogen-bond acceptors (Lipinski definition) is 5. The Morgan fingerprint density at radius 3 is 3.04 bits per heavy atom. The maximum absolute atomic E-state index is 13.9. The van der Waals surface area contributed by atoms with Crippen LogP contribution in [0.3, 0.4) is 0 Å². The van der Waals surface area contributed by atoms with Crippen LogP contribution in [0.25, 0.3) is 0 Å². The molecule has 0 spiro atoms. The van der Waals surface area contributed by atoms with E-state index in [0.717, 1.165) is 36.5 Å². The third-order valence-corrected chi connectivity index (χ3v) is 5.39. The van der Waals surface area contributed by atoms with E-state index in [0.29, 0.717) is 25.9 Å². The Bertz CT molecular complexity index is 854. The molecule has 148 valence electrons. The minimum Gasteiger partial charge on any atom is -0.478 e. The normalized spacial score (nSPS) is 19.9. The highest BCUT2D eigenvalue weighted by Gasteiger charge is 2.30. The summed E-state index contributed by atoms with van der Waals surface area (Å²) in [5.41, 5.74) is 1.99. The van der Waals surface area contributed by atoms with Gasteiger partial charge in [-0.25, -0.2) is 14.4 Å². The van der Waals surface area contributed by atoms with E-state index in [-0.39, 0.29) is 17.7 Å². The Kier molecular flexibility index (Phi) is 5.52. The minimum atomic E-state index is -0.707. The average Bonchev–Trinajstić information content (AvgIpc) is 3.27. The van der Waals surface area contributed by atoms with Crippen LogP contribution in [-0.2, 0) is 17.8 Å². The molecule has 0 aliphatic carbocycles. The number of rotatable bonds is 5. The van der Waals surface area contributed by atoms with Crippen molar-refractivity contribution in [2.45, 2.75) is 51.3 Å². The van der Waals surface area contributed by atoms with Gasteiger partial charge in [0.2, 0.25) is 0 Å². The number of ether oxygens (including phenoxy) is 1. The summed E-state index contributed by atoms with van der Waals surface area (Å²) >= 11 is 0. The van der Waals surface area contributed by atoms with E-state index >= 15 is 0 Å². The second-order valence-corrected chi connectivity index (χ2v) is 7.30. The summed E-state index contributed by atoms with van der Waals surface area (Å²) in [7, 11) is 0. The second-order valence-electron chi connectivity index (χ2n) is 7.30. The number of carbonyl (C=O) groups is 1. The van der Waals surface area contributed by atoms with Crippen molar-refractivity contribution < 1.29 is 13.9 Å². The van der Waals surface area contributed by atoms with Crippen molar-refractivity contribution in [1.82, 2.24) is 20.2 Å². The van der Waals surface area contributed by atoms with E-state index < -0.39 is 11.9 Å². The number of para-hydroxylation sites is 1. The fraction of sp³-hybridized carbons (Fsp3) is 0.476. The Morgan fingerprint density at radius 1 is 1.43 bits per heavy atom. The molecule has 1 saturated heterocycles. The van der Waals surface area contributed by atoms with Crippen LogP contribution >= 0.6 is 0 Å². The summed E-state index contributed by atoms with van der Waals surface area (Å²) in [4.78, 5) is 24.0. The van der Waals surface area contributed by atoms with Crippen LogP contribution in [-0.4, -0.2) is 40.0 Å². The summed E-state index contributed by atoms with van der Waals surface area (Å²) < 4.78 is 19.6. The number of nitrogens with zero attached hydrogens (tertiary/aromatic N) is 3. The summed E-state index contributed by atoms with van der Waals surface area (Å²) in [6, 6.07) is 6.41. The van der Waals surface area contributed by atoms with Crippen molar-refractivity contribution in [3.05, 3.63) is 53.4 Å². The third-order valence-electron chi connectivity index (χ3n) is 5.39. The van der Waals surface area contributed by atoms with Crippen LogP contribution in [0, 0.1) is 5.82 Å². The first-order valence-electron chi connectivity index (χ1n) is 9.93. The number of halogens is 1. The molecule has 2 aromatic rings. The largest absolute Gasteiger partial charge is 0.478 e. The summed E-state index contributed by atoms with van der Waals surface area (Å²) in [6.07, 6.45) is 4.51. The molecule has 2 atom stereocenters. The number of aromatic nitrogens is 2. The van der Waals surface area contributed by atoms with Crippen LogP contribution in [0.2, 0.25) is 0 Å². The highest BCUT2D eigenvalue weighted by Crippen LogP contribution is 2.24. The number of fused-ring (bicyclic) bond motifs is 1. The first-order valence-corrected chi connectivity index (χ1v) is 9.93. The van der Waals surface area contributed by atoms with Gasteiger partial charge in [-0.05, 0) is 37.9 Å². The number of hydrogen-bond donors (Lipinski definition) is 1. The van der Waals surface area contributed by atoms with Gasteiger partial charge in [-0.1, -0.05) is 19.1 Å². The maximum atomic E-state index is 13.9. The van der Waals surface area contributed by atoms with Crippen LogP contribution < -0.4 is 10.1 Å². The highest BCUT2D eigenvalue weighted by atomic mass is 19.1. The Labute approximate surface area is 164 Å². The standard InChI is InChI=1S/C21H25FN4O2/c1-2-18(28-19-8-4-3-6-15(19)22)21(27)26-11-9-16-14(13-26)12-24-20(25-16)17-7-5-10-23-17/h3-4,6,8,12,17-18,23H,2,5,7,9-11,13H2,1H3/t17-,18-/m0/s1. The van der Waals surface area contributed by atoms with E-state index in [1.807, 2.05) is 13.1 Å². The van der Waals surface area contributed by atoms with E-state index in [4.69, 9.17) is 9.72 Å². The molecular weight excluding hydrogens is 359 g/mol. The van der Waals surface area contributed by atoms with E-state index in [1.54, 1.807) is 23.1 Å². The molecule has 3 heterocycles. The molecule has 28 heavy (non-hydrogen) atoms. The summed E-state index contributed by atoms with van der Waals surface area (Å²) in [6.45, 7) is 3.92. The van der Waals surface area contributed by atoms with Crippen molar-refractivity contribution >= 4 is 5.91 Å². The molecule has 1 aromatic carbocycles. The van der Waals surface area contributed by atoms with Crippen molar-refractivity contribution in [2.24, 2.45) is 0 Å². The molecule has 0 saturated carbocycles. The Morgan fingerprint density at radius 2 is 2.29 bits per heavy atom. The first kappa shape index (κ1) is 18.8. The SMILES string of the molecule is CC[C@H](Oc1ccccc1F)C(=O)N1CCc2nc([C@@H]3CCCN3)ncc2C1. The Hall–Kier alpha value is -2.54. The topological polar surface area (TPSA) is 67.3 Å². The smallest absolute Gasteiger partial charge is 0.263 e. The predicted molar refractivity (Wildman–Crippen MR) is 102 cm³/mol. The van der Waals surface area contributed by atoms with E-state index in [1.165, 1.54) is 6.07 Å². The Balaban J connectivity index is 1.45. The van der Waals surface area contributed by atoms with Gasteiger partial charge in [0.15, 0.2) is 17.7 Å². The van der Waals surface area contributed by atoms with Gasteiger partial charge in [0, 0.05) is 31.3 Å². The molecule has 2 aliphatic rings. The van der Waals surface area contributed by atoms with Crippen LogP contribution in [0.5, 0.6) is 5.75 Å². The molecule has 1 fully saturated rings. The quantitative estimate of drug-likeness (QED) is 0.859. The lowest BCUT2D eigenvalue weighted by molar-refractivity contribution is -0.140. The van der Waals surface area contributed by atoms with Crippen molar-refractivity contribution in [3.8, 4) is 5.75 Å². The molecule has 0 radical (unpaired) electrons. The zero-order chi connectivity index (χ0) is 19.5. The summed E-state index contributed by atoms with van der Waals surface area (Å²) in [5, 5.41) is 3.42. The van der Waals surface area contributed by atoms with Crippen LogP contribution in [0.15, 0.2) is 30.5 Å². The van der Waals surface area contributed by atoms with Gasteiger partial charge in [0.1, 0.15) is 5.82 Å². The maximum Gasteiger partial charge on any atom is 0.263 e. The van der Waals surface area contributed by atoms with Gasteiger partial charge < -0.3 is 15.0 Å². The molecule has 7 heteroatoms. The molecule has 1 aromatic heterocycles. The van der Waals surface area contributed by atoms with Gasteiger partial charge in [-0.2, -0.15) is 0 Å². The second kappa shape index (κ2) is 8.22.